The molecule has 162 valence electrons. The van der Waals surface area contributed by atoms with Gasteiger partial charge in [0.2, 0.25) is 0 Å². The van der Waals surface area contributed by atoms with Crippen molar-refractivity contribution in [3.05, 3.63) is 64.9 Å². The van der Waals surface area contributed by atoms with Crippen molar-refractivity contribution in [3.8, 4) is 10.6 Å². The van der Waals surface area contributed by atoms with Crippen molar-refractivity contribution in [1.29, 1.82) is 0 Å². The van der Waals surface area contributed by atoms with Gasteiger partial charge in [0.15, 0.2) is 0 Å². The summed E-state index contributed by atoms with van der Waals surface area (Å²) in [5, 5.41) is 14.3. The van der Waals surface area contributed by atoms with E-state index >= 15 is 0 Å². The van der Waals surface area contributed by atoms with Crippen LogP contribution in [0.25, 0.3) is 10.6 Å². The Morgan fingerprint density at radius 1 is 1.16 bits per heavy atom. The van der Waals surface area contributed by atoms with E-state index in [1.165, 1.54) is 17.6 Å². The van der Waals surface area contributed by atoms with Gasteiger partial charge < -0.3 is 21.9 Å². The first-order valence-corrected chi connectivity index (χ1v) is 10.6. The van der Waals surface area contributed by atoms with E-state index in [2.05, 4.69) is 15.3 Å². The minimum Gasteiger partial charge on any atom is -0.390 e. The third-order valence-electron chi connectivity index (χ3n) is 5.45. The smallest absolute Gasteiger partial charge is 0.275 e. The van der Waals surface area contributed by atoms with E-state index in [9.17, 15) is 18.7 Å². The topological polar surface area (TPSA) is 127 Å². The summed E-state index contributed by atoms with van der Waals surface area (Å²) in [5.41, 5.74) is 13.1. The fourth-order valence-corrected chi connectivity index (χ4v) is 4.70. The molecule has 2 heterocycles. The quantitative estimate of drug-likeness (QED) is 0.489. The fourth-order valence-electron chi connectivity index (χ4n) is 3.85. The second-order valence-corrected chi connectivity index (χ2v) is 8.40. The highest BCUT2D eigenvalue weighted by Crippen LogP contribution is 2.36. The maximum absolute atomic E-state index is 14.0. The lowest BCUT2D eigenvalue weighted by atomic mass is 9.77. The lowest BCUT2D eigenvalue weighted by molar-refractivity contribution is 0.0800. The number of anilines is 1. The van der Waals surface area contributed by atoms with Crippen molar-refractivity contribution in [3.63, 3.8) is 0 Å². The van der Waals surface area contributed by atoms with Gasteiger partial charge in [-0.15, -0.1) is 11.3 Å². The normalized spacial score (nSPS) is 23.5. The van der Waals surface area contributed by atoms with Gasteiger partial charge in [0.25, 0.3) is 5.91 Å². The average Bonchev–Trinajstić information content (AvgIpc) is 3.22. The van der Waals surface area contributed by atoms with E-state index in [0.29, 0.717) is 18.5 Å². The molecular formula is C21H21F2N5O2S. The zero-order chi connectivity index (χ0) is 22.1. The largest absolute Gasteiger partial charge is 0.390 e. The van der Waals surface area contributed by atoms with Gasteiger partial charge in [-0.05, 0) is 42.5 Å². The molecule has 0 saturated heterocycles. The monoisotopic (exact) mass is 445 g/mol. The van der Waals surface area contributed by atoms with Crippen molar-refractivity contribution in [1.82, 2.24) is 9.97 Å². The molecule has 4 rings (SSSR count). The SMILES string of the molecule is N[C@@H]1CC(c2ccncc2NC(=O)c2csc(-c3c(F)cccc3F)n2)C[C@H](N)C1O. The number of carbonyl (C=O) groups excluding carboxylic acids is 1. The standard InChI is InChI=1S/C21H21F2N5O2S/c22-12-2-1-3-13(23)18(12)21-28-17(9-31-21)20(30)27-16-8-26-5-4-11(16)10-6-14(24)19(29)15(25)7-10/h1-5,8-10,14-15,19,29H,6-7,24-25H2,(H,27,30)/t10?,14-,15+,19?. The number of nitrogens with one attached hydrogen (secondary N) is 1. The van der Waals surface area contributed by atoms with Crippen molar-refractivity contribution in [2.45, 2.75) is 36.9 Å². The molecule has 0 spiro atoms. The number of halogens is 2. The van der Waals surface area contributed by atoms with Gasteiger partial charge >= 0.3 is 0 Å². The van der Waals surface area contributed by atoms with E-state index in [1.807, 2.05) is 0 Å². The predicted octanol–water partition coefficient (Wildman–Crippen LogP) is 2.63. The number of nitrogens with two attached hydrogens (primary N) is 2. The minimum atomic E-state index is -0.775. The molecular weight excluding hydrogens is 424 g/mol. The number of hydrogen-bond donors (Lipinski definition) is 4. The number of thiazole rings is 1. The summed E-state index contributed by atoms with van der Waals surface area (Å²) >= 11 is 0.975. The average molecular weight is 445 g/mol. The van der Waals surface area contributed by atoms with Gasteiger partial charge in [0.1, 0.15) is 22.3 Å². The molecule has 2 unspecified atom stereocenters. The molecule has 1 aliphatic carbocycles. The summed E-state index contributed by atoms with van der Waals surface area (Å²) in [7, 11) is 0. The van der Waals surface area contributed by atoms with Crippen LogP contribution in [0.3, 0.4) is 0 Å². The highest BCUT2D eigenvalue weighted by Gasteiger charge is 2.34. The van der Waals surface area contributed by atoms with Crippen molar-refractivity contribution < 1.29 is 18.7 Å². The van der Waals surface area contributed by atoms with E-state index in [-0.39, 0.29) is 22.2 Å². The second-order valence-electron chi connectivity index (χ2n) is 7.54. The Morgan fingerprint density at radius 2 is 1.84 bits per heavy atom. The number of aromatic nitrogens is 2. The minimum absolute atomic E-state index is 0.0323. The predicted molar refractivity (Wildman–Crippen MR) is 114 cm³/mol. The van der Waals surface area contributed by atoms with Crippen LogP contribution in [-0.2, 0) is 0 Å². The molecule has 1 saturated carbocycles. The third-order valence-corrected chi connectivity index (χ3v) is 6.31. The van der Waals surface area contributed by atoms with E-state index in [1.54, 1.807) is 12.3 Å². The zero-order valence-corrected chi connectivity index (χ0v) is 17.2. The Kier molecular flexibility index (Phi) is 6.05. The van der Waals surface area contributed by atoms with Crippen molar-refractivity contribution in [2.24, 2.45) is 11.5 Å². The Hall–Kier alpha value is -2.79. The van der Waals surface area contributed by atoms with Crippen LogP contribution in [-0.4, -0.2) is 39.2 Å². The van der Waals surface area contributed by atoms with Gasteiger partial charge in [-0.3, -0.25) is 9.78 Å². The molecule has 31 heavy (non-hydrogen) atoms. The molecule has 1 fully saturated rings. The summed E-state index contributed by atoms with van der Waals surface area (Å²) in [6.45, 7) is 0. The van der Waals surface area contributed by atoms with Crippen LogP contribution in [0.1, 0.15) is 34.8 Å². The van der Waals surface area contributed by atoms with Crippen LogP contribution in [0, 0.1) is 11.6 Å². The number of aliphatic hydroxyl groups is 1. The first-order chi connectivity index (χ1) is 14.8. The summed E-state index contributed by atoms with van der Waals surface area (Å²) in [6.07, 6.45) is 3.36. The summed E-state index contributed by atoms with van der Waals surface area (Å²) in [4.78, 5) is 21.0. The van der Waals surface area contributed by atoms with Crippen LogP contribution in [0.5, 0.6) is 0 Å². The Balaban J connectivity index is 1.56. The number of amides is 1. The maximum atomic E-state index is 14.0. The molecule has 0 radical (unpaired) electrons. The molecule has 0 bridgehead atoms. The Morgan fingerprint density at radius 3 is 2.52 bits per heavy atom. The van der Waals surface area contributed by atoms with Gasteiger partial charge in [-0.1, -0.05) is 6.07 Å². The maximum Gasteiger partial charge on any atom is 0.275 e. The third kappa shape index (κ3) is 4.33. The molecule has 4 atom stereocenters. The molecule has 6 N–H and O–H groups in total. The van der Waals surface area contributed by atoms with Gasteiger partial charge in [-0.25, -0.2) is 13.8 Å². The number of carbonyl (C=O) groups is 1. The molecule has 3 aromatic rings. The molecule has 0 aliphatic heterocycles. The number of benzene rings is 1. The zero-order valence-electron chi connectivity index (χ0n) is 16.3. The summed E-state index contributed by atoms with van der Waals surface area (Å²) in [6, 6.07) is 4.38. The van der Waals surface area contributed by atoms with E-state index < -0.39 is 35.7 Å². The number of hydrogen-bond acceptors (Lipinski definition) is 7. The summed E-state index contributed by atoms with van der Waals surface area (Å²) in [5.74, 6) is -2.09. The first kappa shape index (κ1) is 21.4. The van der Waals surface area contributed by atoms with Gasteiger partial charge in [0, 0.05) is 23.7 Å². The molecule has 7 nitrogen and oxygen atoms in total. The molecule has 1 aliphatic rings. The first-order valence-electron chi connectivity index (χ1n) is 9.69. The second kappa shape index (κ2) is 8.75. The Labute approximate surface area is 181 Å². The molecule has 1 aromatic carbocycles. The molecule has 1 amide bonds. The van der Waals surface area contributed by atoms with Crippen LogP contribution in [0.4, 0.5) is 14.5 Å². The number of pyridine rings is 1. The molecule has 2 aromatic heterocycles. The van der Waals surface area contributed by atoms with Crippen LogP contribution in [0.15, 0.2) is 42.0 Å². The molecule has 10 heteroatoms. The van der Waals surface area contributed by atoms with Crippen LogP contribution in [0.2, 0.25) is 0 Å². The van der Waals surface area contributed by atoms with Crippen LogP contribution < -0.4 is 16.8 Å². The van der Waals surface area contributed by atoms with Crippen molar-refractivity contribution in [2.75, 3.05) is 5.32 Å². The fraction of sp³-hybridized carbons (Fsp3) is 0.286. The number of aliphatic hydroxyl groups excluding tert-OH is 1. The number of nitrogens with zero attached hydrogens (tertiary/aromatic N) is 2. The van der Waals surface area contributed by atoms with Crippen LogP contribution >= 0.6 is 11.3 Å². The van der Waals surface area contributed by atoms with Crippen molar-refractivity contribution >= 4 is 22.9 Å². The van der Waals surface area contributed by atoms with Gasteiger partial charge in [-0.2, -0.15) is 0 Å². The van der Waals surface area contributed by atoms with E-state index in [4.69, 9.17) is 11.5 Å². The summed E-state index contributed by atoms with van der Waals surface area (Å²) < 4.78 is 28.0. The highest BCUT2D eigenvalue weighted by molar-refractivity contribution is 7.13. The Bertz CT molecular complexity index is 1080. The number of rotatable bonds is 4. The lowest BCUT2D eigenvalue weighted by Crippen LogP contribution is -2.52. The lowest BCUT2D eigenvalue weighted by Gasteiger charge is -2.36. The highest BCUT2D eigenvalue weighted by atomic mass is 32.1. The van der Waals surface area contributed by atoms with E-state index in [0.717, 1.165) is 29.0 Å². The van der Waals surface area contributed by atoms with Gasteiger partial charge in [0.05, 0.1) is 23.6 Å².